The molecule has 0 amide bonds. The molecule has 6 nitrogen and oxygen atoms in total. The van der Waals surface area contributed by atoms with E-state index in [1.54, 1.807) is 30.3 Å². The van der Waals surface area contributed by atoms with Gasteiger partial charge in [0.2, 0.25) is 0 Å². The van der Waals surface area contributed by atoms with Gasteiger partial charge in [-0.15, -0.1) is 0 Å². The van der Waals surface area contributed by atoms with Crippen molar-refractivity contribution in [2.75, 3.05) is 0 Å². The first-order chi connectivity index (χ1) is 11.5. The van der Waals surface area contributed by atoms with Crippen LogP contribution < -0.4 is 0 Å². The highest BCUT2D eigenvalue weighted by Gasteiger charge is 2.29. The predicted octanol–water partition coefficient (Wildman–Crippen LogP) is 3.07. The summed E-state index contributed by atoms with van der Waals surface area (Å²) in [6, 6.07) is 13.6. The molecule has 0 unspecified atom stereocenters. The van der Waals surface area contributed by atoms with Crippen LogP contribution in [-0.2, 0) is 0 Å². The van der Waals surface area contributed by atoms with Crippen molar-refractivity contribution in [2.45, 2.75) is 0 Å². The summed E-state index contributed by atoms with van der Waals surface area (Å²) in [7, 11) is 0. The van der Waals surface area contributed by atoms with Crippen molar-refractivity contribution in [3.05, 3.63) is 71.7 Å². The molecular weight excluding hydrogens is 315 g/mol. The third-order valence-corrected chi connectivity index (χ3v) is 3.42. The number of carboxylic acid groups (broad SMARTS) is 2. The second-order valence-electron chi connectivity index (χ2n) is 4.94. The maximum Gasteiger partial charge on any atom is 0.357 e. The van der Waals surface area contributed by atoms with Crippen LogP contribution in [0.3, 0.4) is 0 Å². The molecule has 24 heavy (non-hydrogen) atoms. The van der Waals surface area contributed by atoms with Crippen LogP contribution in [0.15, 0.2) is 54.6 Å². The van der Waals surface area contributed by atoms with Crippen molar-refractivity contribution in [1.29, 1.82) is 0 Å². The van der Waals surface area contributed by atoms with E-state index in [-0.39, 0.29) is 5.69 Å². The first-order valence-electron chi connectivity index (χ1n) is 6.90. The van der Waals surface area contributed by atoms with Crippen LogP contribution in [0, 0.1) is 5.82 Å². The second-order valence-corrected chi connectivity index (χ2v) is 4.94. The molecule has 0 aliphatic heterocycles. The molecule has 0 spiro atoms. The van der Waals surface area contributed by atoms with Gasteiger partial charge in [0, 0.05) is 5.56 Å². The molecule has 3 rings (SSSR count). The molecule has 0 aliphatic carbocycles. The average molecular weight is 326 g/mol. The molecule has 0 aliphatic rings. The van der Waals surface area contributed by atoms with Gasteiger partial charge in [-0.25, -0.2) is 18.7 Å². The Hall–Kier alpha value is -3.48. The Kier molecular flexibility index (Phi) is 3.83. The van der Waals surface area contributed by atoms with Gasteiger partial charge in [0.05, 0.1) is 11.4 Å². The van der Waals surface area contributed by atoms with E-state index >= 15 is 0 Å². The van der Waals surface area contributed by atoms with Crippen molar-refractivity contribution in [1.82, 2.24) is 9.78 Å². The maximum atomic E-state index is 13.1. The highest BCUT2D eigenvalue weighted by atomic mass is 19.1. The number of nitrogens with zero attached hydrogens (tertiary/aromatic N) is 2. The summed E-state index contributed by atoms with van der Waals surface area (Å²) in [5.41, 5.74) is -0.0414. The van der Waals surface area contributed by atoms with Crippen LogP contribution in [0.1, 0.15) is 20.8 Å². The van der Waals surface area contributed by atoms with Gasteiger partial charge in [0.25, 0.3) is 0 Å². The fourth-order valence-electron chi connectivity index (χ4n) is 2.40. The number of rotatable bonds is 4. The van der Waals surface area contributed by atoms with Crippen molar-refractivity contribution in [2.24, 2.45) is 0 Å². The van der Waals surface area contributed by atoms with Crippen LogP contribution >= 0.6 is 0 Å². The van der Waals surface area contributed by atoms with Crippen LogP contribution in [0.4, 0.5) is 4.39 Å². The van der Waals surface area contributed by atoms with Crippen molar-refractivity contribution < 1.29 is 24.2 Å². The number of aromatic carboxylic acids is 2. The van der Waals surface area contributed by atoms with Crippen molar-refractivity contribution >= 4 is 11.9 Å². The smallest absolute Gasteiger partial charge is 0.357 e. The minimum Gasteiger partial charge on any atom is -0.478 e. The van der Waals surface area contributed by atoms with E-state index < -0.39 is 29.0 Å². The third kappa shape index (κ3) is 2.63. The molecule has 2 aromatic carbocycles. The van der Waals surface area contributed by atoms with Crippen molar-refractivity contribution in [3.63, 3.8) is 0 Å². The van der Waals surface area contributed by atoms with E-state index in [1.165, 1.54) is 28.9 Å². The van der Waals surface area contributed by atoms with E-state index in [1.807, 2.05) is 0 Å². The van der Waals surface area contributed by atoms with Crippen LogP contribution in [0.2, 0.25) is 0 Å². The molecule has 0 radical (unpaired) electrons. The molecule has 3 aromatic rings. The molecule has 1 aromatic heterocycles. The summed E-state index contributed by atoms with van der Waals surface area (Å²) < 4.78 is 14.3. The minimum atomic E-state index is -1.45. The molecule has 0 saturated carbocycles. The highest BCUT2D eigenvalue weighted by Crippen LogP contribution is 2.29. The normalized spacial score (nSPS) is 10.5. The number of aromatic nitrogens is 2. The van der Waals surface area contributed by atoms with E-state index in [2.05, 4.69) is 5.10 Å². The summed E-state index contributed by atoms with van der Waals surface area (Å²) >= 11 is 0. The van der Waals surface area contributed by atoms with Crippen molar-refractivity contribution in [3.8, 4) is 16.9 Å². The topological polar surface area (TPSA) is 92.4 Å². The van der Waals surface area contributed by atoms with Crippen LogP contribution in [0.25, 0.3) is 16.9 Å². The Morgan fingerprint density at radius 3 is 2.08 bits per heavy atom. The van der Waals surface area contributed by atoms with Gasteiger partial charge in [-0.3, -0.25) is 0 Å². The molecule has 0 bridgehead atoms. The zero-order valence-electron chi connectivity index (χ0n) is 12.2. The largest absolute Gasteiger partial charge is 0.478 e. The quantitative estimate of drug-likeness (QED) is 0.768. The number of carboxylic acids is 2. The monoisotopic (exact) mass is 326 g/mol. The lowest BCUT2D eigenvalue weighted by Crippen LogP contribution is -2.07. The Morgan fingerprint density at radius 2 is 1.54 bits per heavy atom. The summed E-state index contributed by atoms with van der Waals surface area (Å²) in [5, 5.41) is 22.7. The Balaban J connectivity index is 2.36. The Labute approximate surface area is 135 Å². The Morgan fingerprint density at radius 1 is 0.917 bits per heavy atom. The number of hydrogen-bond donors (Lipinski definition) is 2. The standard InChI is InChI=1S/C17H11FN2O4/c18-11-6-8-12(9-7-11)20-15(10-4-2-1-3-5-10)13(16(21)22)14(19-20)17(23)24/h1-9H,(H,21,22)(H,23,24). The molecule has 0 fully saturated rings. The van der Waals surface area contributed by atoms with E-state index in [0.29, 0.717) is 11.3 Å². The molecule has 0 saturated heterocycles. The molecule has 2 N–H and O–H groups in total. The van der Waals surface area contributed by atoms with Gasteiger partial charge in [-0.05, 0) is 24.3 Å². The van der Waals surface area contributed by atoms with Crippen LogP contribution in [0.5, 0.6) is 0 Å². The van der Waals surface area contributed by atoms with Crippen LogP contribution in [-0.4, -0.2) is 31.9 Å². The summed E-state index contributed by atoms with van der Waals surface area (Å²) in [6.45, 7) is 0. The summed E-state index contributed by atoms with van der Waals surface area (Å²) in [5.74, 6) is -3.32. The maximum absolute atomic E-state index is 13.1. The van der Waals surface area contributed by atoms with Gasteiger partial charge < -0.3 is 10.2 Å². The lowest BCUT2D eigenvalue weighted by Gasteiger charge is -2.08. The van der Waals surface area contributed by atoms with E-state index in [4.69, 9.17) is 0 Å². The number of benzene rings is 2. The number of halogens is 1. The van der Waals surface area contributed by atoms with E-state index in [9.17, 15) is 24.2 Å². The number of hydrogen-bond acceptors (Lipinski definition) is 3. The lowest BCUT2D eigenvalue weighted by molar-refractivity contribution is 0.0648. The summed E-state index contributed by atoms with van der Waals surface area (Å²) in [4.78, 5) is 23.1. The first-order valence-corrected chi connectivity index (χ1v) is 6.90. The summed E-state index contributed by atoms with van der Waals surface area (Å²) in [6.07, 6.45) is 0. The molecular formula is C17H11FN2O4. The van der Waals surface area contributed by atoms with E-state index in [0.717, 1.165) is 0 Å². The van der Waals surface area contributed by atoms with Gasteiger partial charge >= 0.3 is 11.9 Å². The van der Waals surface area contributed by atoms with Gasteiger partial charge in [0.15, 0.2) is 5.69 Å². The fraction of sp³-hybridized carbons (Fsp3) is 0. The highest BCUT2D eigenvalue weighted by molar-refractivity contribution is 6.05. The lowest BCUT2D eigenvalue weighted by atomic mass is 10.1. The predicted molar refractivity (Wildman–Crippen MR) is 82.9 cm³/mol. The molecule has 0 atom stereocenters. The zero-order valence-corrected chi connectivity index (χ0v) is 12.2. The van der Waals surface area contributed by atoms with Gasteiger partial charge in [-0.1, -0.05) is 30.3 Å². The first kappa shape index (κ1) is 15.4. The number of carbonyl (C=O) groups is 2. The minimum absolute atomic E-state index is 0.118. The molecule has 120 valence electrons. The Bertz CT molecular complexity index is 918. The molecule has 7 heteroatoms. The zero-order chi connectivity index (χ0) is 17.3. The third-order valence-electron chi connectivity index (χ3n) is 3.42. The second kappa shape index (κ2) is 5.96. The van der Waals surface area contributed by atoms with Gasteiger partial charge in [0.1, 0.15) is 11.4 Å². The SMILES string of the molecule is O=C(O)c1nn(-c2ccc(F)cc2)c(-c2ccccc2)c1C(=O)O. The average Bonchev–Trinajstić information content (AvgIpc) is 2.97. The van der Waals surface area contributed by atoms with Gasteiger partial charge in [-0.2, -0.15) is 5.10 Å². The molecule has 1 heterocycles. The fourth-order valence-corrected chi connectivity index (χ4v) is 2.40.